The molecular formula is C38H39F3N2O5. The second-order valence-corrected chi connectivity index (χ2v) is 11.9. The number of benzene rings is 4. The lowest BCUT2D eigenvalue weighted by atomic mass is 9.78. The predicted molar refractivity (Wildman–Crippen MR) is 179 cm³/mol. The number of nitrogens with one attached hydrogen (secondary N) is 2. The van der Waals surface area contributed by atoms with Crippen LogP contribution in [0.5, 0.6) is 5.75 Å². The second kappa shape index (κ2) is 15.6. The first-order chi connectivity index (χ1) is 22.8. The van der Waals surface area contributed by atoms with Crippen molar-refractivity contribution in [2.24, 2.45) is 0 Å². The molecule has 0 spiro atoms. The SMILES string of the molecule is CCC[C@@H](c1ccc(C(=O)NCCC(=O)O)cc1)[C@H](C(=O)Nc1ccc(-c2c(C)cc(C)cc2C)cc1)c1ccc(OC(F)(F)F)cc1. The third-order valence-electron chi connectivity index (χ3n) is 8.10. The van der Waals surface area contributed by atoms with E-state index >= 15 is 0 Å². The van der Waals surface area contributed by atoms with E-state index in [0.29, 0.717) is 29.7 Å². The van der Waals surface area contributed by atoms with E-state index in [-0.39, 0.29) is 18.9 Å². The summed E-state index contributed by atoms with van der Waals surface area (Å²) in [6.45, 7) is 8.13. The van der Waals surface area contributed by atoms with Gasteiger partial charge in [-0.15, -0.1) is 13.2 Å². The molecule has 0 aliphatic heterocycles. The molecular weight excluding hydrogens is 621 g/mol. The van der Waals surface area contributed by atoms with Crippen LogP contribution in [0.3, 0.4) is 0 Å². The normalized spacial score (nSPS) is 12.6. The third-order valence-corrected chi connectivity index (χ3v) is 8.10. The van der Waals surface area contributed by atoms with Gasteiger partial charge in [-0.05, 0) is 103 Å². The highest BCUT2D eigenvalue weighted by molar-refractivity contribution is 5.97. The molecule has 0 aromatic heterocycles. The van der Waals surface area contributed by atoms with Crippen molar-refractivity contribution in [3.05, 3.63) is 118 Å². The van der Waals surface area contributed by atoms with Crippen molar-refractivity contribution in [1.29, 1.82) is 0 Å². The van der Waals surface area contributed by atoms with Crippen LogP contribution < -0.4 is 15.4 Å². The highest BCUT2D eigenvalue weighted by Gasteiger charge is 2.33. The first-order valence-corrected chi connectivity index (χ1v) is 15.7. The molecule has 0 saturated heterocycles. The number of halogens is 3. The topological polar surface area (TPSA) is 105 Å². The van der Waals surface area contributed by atoms with Gasteiger partial charge >= 0.3 is 12.3 Å². The summed E-state index contributed by atoms with van der Waals surface area (Å²) >= 11 is 0. The van der Waals surface area contributed by atoms with Crippen LogP contribution in [0.25, 0.3) is 11.1 Å². The van der Waals surface area contributed by atoms with Crippen LogP contribution in [-0.2, 0) is 9.59 Å². The van der Waals surface area contributed by atoms with Gasteiger partial charge in [-0.3, -0.25) is 14.4 Å². The Bertz CT molecular complexity index is 1710. The maximum Gasteiger partial charge on any atom is 0.573 e. The minimum absolute atomic E-state index is 0.0180. The summed E-state index contributed by atoms with van der Waals surface area (Å²) in [5.74, 6) is -3.39. The molecule has 4 aromatic carbocycles. The smallest absolute Gasteiger partial charge is 0.481 e. The van der Waals surface area contributed by atoms with E-state index in [1.54, 1.807) is 24.3 Å². The minimum atomic E-state index is -4.85. The Morgan fingerprint density at radius 3 is 1.96 bits per heavy atom. The number of ether oxygens (including phenoxy) is 1. The molecule has 4 aromatic rings. The highest BCUT2D eigenvalue weighted by atomic mass is 19.4. The molecule has 2 amide bonds. The summed E-state index contributed by atoms with van der Waals surface area (Å²) in [5.41, 5.74) is 7.76. The largest absolute Gasteiger partial charge is 0.573 e. The van der Waals surface area contributed by atoms with Gasteiger partial charge in [-0.1, -0.05) is 67.4 Å². The number of hydrogen-bond acceptors (Lipinski definition) is 4. The van der Waals surface area contributed by atoms with Gasteiger partial charge in [-0.25, -0.2) is 0 Å². The van der Waals surface area contributed by atoms with Gasteiger partial charge in [0, 0.05) is 17.8 Å². The Balaban J connectivity index is 1.65. The summed E-state index contributed by atoms with van der Waals surface area (Å²) < 4.78 is 42.7. The molecule has 3 N–H and O–H groups in total. The fourth-order valence-electron chi connectivity index (χ4n) is 6.12. The molecule has 0 fully saturated rings. The average Bonchev–Trinajstić information content (AvgIpc) is 3.01. The number of anilines is 1. The number of carbonyl (C=O) groups is 3. The summed E-state index contributed by atoms with van der Waals surface area (Å²) in [4.78, 5) is 37.5. The first kappa shape index (κ1) is 35.7. The van der Waals surface area contributed by atoms with E-state index in [0.717, 1.165) is 27.8 Å². The maximum atomic E-state index is 14.1. The molecule has 0 bridgehead atoms. The lowest BCUT2D eigenvalue weighted by molar-refractivity contribution is -0.274. The van der Waals surface area contributed by atoms with Crippen molar-refractivity contribution in [3.63, 3.8) is 0 Å². The second-order valence-electron chi connectivity index (χ2n) is 11.9. The first-order valence-electron chi connectivity index (χ1n) is 15.7. The van der Waals surface area contributed by atoms with Crippen molar-refractivity contribution in [1.82, 2.24) is 5.32 Å². The predicted octanol–water partition coefficient (Wildman–Crippen LogP) is 8.69. The van der Waals surface area contributed by atoms with Crippen LogP contribution in [0, 0.1) is 20.8 Å². The van der Waals surface area contributed by atoms with Crippen LogP contribution in [-0.4, -0.2) is 35.8 Å². The van der Waals surface area contributed by atoms with Crippen LogP contribution in [0.4, 0.5) is 18.9 Å². The standard InChI is InChI=1S/C38H39F3N2O5/c1-5-6-32(26-7-9-29(10-8-26)36(46)42-20-19-33(44)45)35(28-13-17-31(18-14-28)48-38(39,40)41)37(47)43-30-15-11-27(12-16-30)34-24(3)21-23(2)22-25(34)4/h7-18,21-22,32,35H,5-6,19-20H2,1-4H3,(H,42,46)(H,43,47)(H,44,45)/t32-,35+/m0/s1. The molecule has 0 radical (unpaired) electrons. The Hall–Kier alpha value is -5.12. The van der Waals surface area contributed by atoms with E-state index in [1.165, 1.54) is 29.8 Å². The molecule has 252 valence electrons. The van der Waals surface area contributed by atoms with Gasteiger partial charge in [0.2, 0.25) is 5.91 Å². The summed E-state index contributed by atoms with van der Waals surface area (Å²) in [6, 6.07) is 23.8. The molecule has 0 heterocycles. The number of alkyl halides is 3. The summed E-state index contributed by atoms with van der Waals surface area (Å²) in [5, 5.41) is 14.4. The summed E-state index contributed by atoms with van der Waals surface area (Å²) in [7, 11) is 0. The van der Waals surface area contributed by atoms with E-state index in [4.69, 9.17) is 5.11 Å². The summed E-state index contributed by atoms with van der Waals surface area (Å²) in [6.07, 6.45) is -3.80. The van der Waals surface area contributed by atoms with Gasteiger partial charge in [0.05, 0.1) is 12.3 Å². The number of carboxylic acid groups (broad SMARTS) is 1. The molecule has 7 nitrogen and oxygen atoms in total. The van der Waals surface area contributed by atoms with Gasteiger partial charge < -0.3 is 20.5 Å². The molecule has 48 heavy (non-hydrogen) atoms. The number of rotatable bonds is 13. The van der Waals surface area contributed by atoms with Gasteiger partial charge in [-0.2, -0.15) is 0 Å². The van der Waals surface area contributed by atoms with Crippen LogP contribution in [0.15, 0.2) is 84.9 Å². The molecule has 0 aliphatic rings. The number of aryl methyl sites for hydroxylation is 3. The minimum Gasteiger partial charge on any atom is -0.481 e. The lowest BCUT2D eigenvalue weighted by Crippen LogP contribution is -2.27. The van der Waals surface area contributed by atoms with Crippen molar-refractivity contribution >= 4 is 23.5 Å². The van der Waals surface area contributed by atoms with Crippen LogP contribution >= 0.6 is 0 Å². The zero-order valence-electron chi connectivity index (χ0n) is 27.3. The number of amides is 2. The number of hydrogen-bond donors (Lipinski definition) is 3. The highest BCUT2D eigenvalue weighted by Crippen LogP contribution is 2.39. The monoisotopic (exact) mass is 660 g/mol. The zero-order valence-corrected chi connectivity index (χ0v) is 27.3. The zero-order chi connectivity index (χ0) is 35.0. The van der Waals surface area contributed by atoms with E-state index in [2.05, 4.69) is 48.3 Å². The molecule has 0 saturated carbocycles. The van der Waals surface area contributed by atoms with Crippen LogP contribution in [0.1, 0.15) is 76.2 Å². The maximum absolute atomic E-state index is 14.1. The van der Waals surface area contributed by atoms with Gasteiger partial charge in [0.1, 0.15) is 5.75 Å². The van der Waals surface area contributed by atoms with Crippen molar-refractivity contribution in [2.45, 2.75) is 65.2 Å². The quantitative estimate of drug-likeness (QED) is 0.133. The van der Waals surface area contributed by atoms with Gasteiger partial charge in [0.15, 0.2) is 0 Å². The molecule has 2 atom stereocenters. The Morgan fingerprint density at radius 1 is 0.833 bits per heavy atom. The Labute approximate surface area is 278 Å². The van der Waals surface area contributed by atoms with Crippen LogP contribution in [0.2, 0.25) is 0 Å². The number of carboxylic acids is 1. The average molecular weight is 661 g/mol. The molecule has 4 rings (SSSR count). The van der Waals surface area contributed by atoms with Crippen molar-refractivity contribution in [2.75, 3.05) is 11.9 Å². The number of aliphatic carboxylic acids is 1. The fraction of sp³-hybridized carbons (Fsp3) is 0.289. The van der Waals surface area contributed by atoms with E-state index < -0.39 is 35.8 Å². The third kappa shape index (κ3) is 9.47. The van der Waals surface area contributed by atoms with E-state index in [1.807, 2.05) is 31.2 Å². The van der Waals surface area contributed by atoms with Crippen molar-refractivity contribution < 1.29 is 37.4 Å². The Kier molecular flexibility index (Phi) is 11.6. The molecule has 0 unspecified atom stereocenters. The molecule has 0 aliphatic carbocycles. The Morgan fingerprint density at radius 2 is 1.42 bits per heavy atom. The number of carbonyl (C=O) groups excluding carboxylic acids is 2. The lowest BCUT2D eigenvalue weighted by Gasteiger charge is -2.28. The fourth-order valence-corrected chi connectivity index (χ4v) is 6.12. The van der Waals surface area contributed by atoms with E-state index in [9.17, 15) is 27.6 Å². The van der Waals surface area contributed by atoms with Gasteiger partial charge in [0.25, 0.3) is 5.91 Å². The van der Waals surface area contributed by atoms with Crippen molar-refractivity contribution in [3.8, 4) is 16.9 Å². The molecule has 10 heteroatoms.